The fourth-order valence-corrected chi connectivity index (χ4v) is 2.97. The molecule has 138 valence electrons. The number of allylic oxidation sites excluding steroid dienone is 4. The van der Waals surface area contributed by atoms with Gasteiger partial charge in [0, 0.05) is 30.9 Å². The van der Waals surface area contributed by atoms with Gasteiger partial charge in [-0.15, -0.1) is 0 Å². The van der Waals surface area contributed by atoms with E-state index in [1.807, 2.05) is 17.6 Å². The Kier molecular flexibility index (Phi) is 8.25. The van der Waals surface area contributed by atoms with Gasteiger partial charge in [-0.3, -0.25) is 9.59 Å². The second-order valence-electron chi connectivity index (χ2n) is 5.88. The predicted octanol–water partition coefficient (Wildman–Crippen LogP) is 3.42. The normalized spacial score (nSPS) is 12.5. The highest BCUT2D eigenvalue weighted by Gasteiger charge is 2.25. The van der Waals surface area contributed by atoms with Gasteiger partial charge >= 0.3 is 0 Å². The highest BCUT2D eigenvalue weighted by molar-refractivity contribution is 7.99. The summed E-state index contributed by atoms with van der Waals surface area (Å²) in [6.07, 6.45) is 4.36. The van der Waals surface area contributed by atoms with E-state index in [-0.39, 0.29) is 11.2 Å². The number of hydrogen-bond acceptors (Lipinski definition) is 4. The van der Waals surface area contributed by atoms with Gasteiger partial charge in [0.15, 0.2) is 16.7 Å². The van der Waals surface area contributed by atoms with Crippen LogP contribution >= 0.6 is 23.4 Å². The zero-order valence-corrected chi connectivity index (χ0v) is 17.0. The Hall–Kier alpha value is -1.73. The van der Waals surface area contributed by atoms with Crippen LogP contribution in [0.4, 0.5) is 5.82 Å². The van der Waals surface area contributed by atoms with Gasteiger partial charge in [-0.05, 0) is 19.9 Å². The average molecular weight is 385 g/mol. The molecule has 0 radical (unpaired) electrons. The van der Waals surface area contributed by atoms with Crippen LogP contribution in [0.25, 0.3) is 0 Å². The summed E-state index contributed by atoms with van der Waals surface area (Å²) in [6, 6.07) is 0. The lowest BCUT2D eigenvalue weighted by Crippen LogP contribution is -2.26. The maximum atomic E-state index is 12.4. The monoisotopic (exact) mass is 384 g/mol. The molecule has 1 N–H and O–H groups in total. The Morgan fingerprint density at radius 2 is 2.04 bits per heavy atom. The molecule has 0 aliphatic heterocycles. The molecule has 8 heteroatoms. The standard InChI is InChI=1S/C17H25ClN4O2S/c1-11(2)25-17-20-15(21(6)10-23)14(16(24)19-5)22(17)9-12(3)7-8-13(4)18/h7-8,10-11H,9H2,1-6H3,(H,19,24)/b12-7+,13-8+. The smallest absolute Gasteiger partial charge is 0.271 e. The summed E-state index contributed by atoms with van der Waals surface area (Å²) in [5, 5.41) is 4.27. The lowest BCUT2D eigenvalue weighted by Gasteiger charge is -2.14. The Labute approximate surface area is 158 Å². The summed E-state index contributed by atoms with van der Waals surface area (Å²) >= 11 is 7.42. The van der Waals surface area contributed by atoms with Gasteiger partial charge in [-0.25, -0.2) is 4.98 Å². The molecule has 0 aliphatic carbocycles. The topological polar surface area (TPSA) is 67.2 Å². The number of anilines is 1. The molecule has 0 atom stereocenters. The van der Waals surface area contributed by atoms with Gasteiger partial charge in [-0.2, -0.15) is 0 Å². The second kappa shape index (κ2) is 9.68. The van der Waals surface area contributed by atoms with Crippen LogP contribution < -0.4 is 10.2 Å². The van der Waals surface area contributed by atoms with E-state index in [0.717, 1.165) is 5.57 Å². The first-order valence-corrected chi connectivity index (χ1v) is 9.13. The summed E-state index contributed by atoms with van der Waals surface area (Å²) < 4.78 is 1.84. The Morgan fingerprint density at radius 3 is 2.52 bits per heavy atom. The molecule has 1 heterocycles. The molecule has 0 fully saturated rings. The van der Waals surface area contributed by atoms with E-state index in [2.05, 4.69) is 24.1 Å². The number of halogens is 1. The first-order chi connectivity index (χ1) is 11.7. The largest absolute Gasteiger partial charge is 0.354 e. The van der Waals surface area contributed by atoms with Crippen LogP contribution in [0.3, 0.4) is 0 Å². The molecule has 0 unspecified atom stereocenters. The van der Waals surface area contributed by atoms with Crippen molar-refractivity contribution in [2.75, 3.05) is 19.0 Å². The van der Waals surface area contributed by atoms with Gasteiger partial charge < -0.3 is 14.8 Å². The van der Waals surface area contributed by atoms with Crippen LogP contribution in [0, 0.1) is 0 Å². The molecule has 2 amide bonds. The number of thioether (sulfide) groups is 1. The second-order valence-corrected chi connectivity index (χ2v) is 8.02. The minimum atomic E-state index is -0.288. The van der Waals surface area contributed by atoms with Crippen molar-refractivity contribution in [1.29, 1.82) is 0 Å². The third-order valence-corrected chi connectivity index (χ3v) is 4.31. The summed E-state index contributed by atoms with van der Waals surface area (Å²) in [5.41, 5.74) is 1.37. The first-order valence-electron chi connectivity index (χ1n) is 7.88. The number of nitrogens with one attached hydrogen (secondary N) is 1. The zero-order valence-electron chi connectivity index (χ0n) is 15.5. The minimum absolute atomic E-state index is 0.280. The fraction of sp³-hybridized carbons (Fsp3) is 0.471. The Bertz CT molecular complexity index is 691. The minimum Gasteiger partial charge on any atom is -0.354 e. The number of imidazole rings is 1. The molecule has 0 aliphatic rings. The number of amides is 2. The Balaban J connectivity index is 3.50. The summed E-state index contributed by atoms with van der Waals surface area (Å²) in [4.78, 5) is 29.5. The van der Waals surface area contributed by atoms with Gasteiger partial charge in [0.05, 0.1) is 0 Å². The summed E-state index contributed by atoms with van der Waals surface area (Å²) in [7, 11) is 3.14. The number of rotatable bonds is 8. The molecule has 1 aromatic heterocycles. The first kappa shape index (κ1) is 21.3. The number of aromatic nitrogens is 2. The molecule has 0 saturated carbocycles. The van der Waals surface area contributed by atoms with Crippen LogP contribution in [0.2, 0.25) is 0 Å². The van der Waals surface area contributed by atoms with E-state index in [1.54, 1.807) is 38.9 Å². The van der Waals surface area contributed by atoms with E-state index < -0.39 is 0 Å². The SMILES string of the molecule is CNC(=O)c1c(N(C)C=O)nc(SC(C)C)n1C/C(C)=C/C=C(\C)Cl. The molecule has 1 rings (SSSR count). The average Bonchev–Trinajstić information content (AvgIpc) is 2.89. The van der Waals surface area contributed by atoms with Crippen LogP contribution in [-0.4, -0.2) is 41.2 Å². The van der Waals surface area contributed by atoms with Crippen LogP contribution in [0.1, 0.15) is 38.2 Å². The van der Waals surface area contributed by atoms with Crippen molar-refractivity contribution in [3.05, 3.63) is 28.5 Å². The lowest BCUT2D eigenvalue weighted by molar-refractivity contribution is -0.107. The molecule has 25 heavy (non-hydrogen) atoms. The number of nitrogens with zero attached hydrogens (tertiary/aromatic N) is 3. The molecule has 1 aromatic rings. The zero-order chi connectivity index (χ0) is 19.1. The molecule has 0 aromatic carbocycles. The highest BCUT2D eigenvalue weighted by atomic mass is 35.5. The highest BCUT2D eigenvalue weighted by Crippen LogP contribution is 2.30. The van der Waals surface area contributed by atoms with E-state index in [0.29, 0.717) is 34.7 Å². The third kappa shape index (κ3) is 5.93. The molecule has 0 bridgehead atoms. The summed E-state index contributed by atoms with van der Waals surface area (Å²) in [6.45, 7) is 8.33. The number of hydrogen-bond donors (Lipinski definition) is 1. The molecule has 6 nitrogen and oxygen atoms in total. The number of carbonyl (C=O) groups excluding carboxylic acids is 2. The van der Waals surface area contributed by atoms with Crippen LogP contribution in [0.5, 0.6) is 0 Å². The van der Waals surface area contributed by atoms with E-state index >= 15 is 0 Å². The molecular weight excluding hydrogens is 360 g/mol. The molecule has 0 saturated heterocycles. The lowest BCUT2D eigenvalue weighted by atomic mass is 10.2. The molecule has 0 spiro atoms. The van der Waals surface area contributed by atoms with Crippen molar-refractivity contribution in [1.82, 2.24) is 14.9 Å². The van der Waals surface area contributed by atoms with Crippen molar-refractivity contribution < 1.29 is 9.59 Å². The van der Waals surface area contributed by atoms with Crippen molar-refractivity contribution >= 4 is 41.5 Å². The van der Waals surface area contributed by atoms with E-state index in [9.17, 15) is 9.59 Å². The molecular formula is C17H25ClN4O2S. The van der Waals surface area contributed by atoms with Crippen LogP contribution in [-0.2, 0) is 11.3 Å². The van der Waals surface area contributed by atoms with E-state index in [4.69, 9.17) is 11.6 Å². The predicted molar refractivity (Wildman–Crippen MR) is 104 cm³/mol. The quantitative estimate of drug-likeness (QED) is 0.423. The van der Waals surface area contributed by atoms with Gasteiger partial charge in [0.2, 0.25) is 6.41 Å². The van der Waals surface area contributed by atoms with Crippen LogP contribution in [0.15, 0.2) is 27.9 Å². The van der Waals surface area contributed by atoms with E-state index in [1.165, 1.54) is 4.90 Å². The van der Waals surface area contributed by atoms with Crippen molar-refractivity contribution in [2.45, 2.75) is 44.6 Å². The Morgan fingerprint density at radius 1 is 1.40 bits per heavy atom. The van der Waals surface area contributed by atoms with Gasteiger partial charge in [0.1, 0.15) is 0 Å². The van der Waals surface area contributed by atoms with Gasteiger partial charge in [-0.1, -0.05) is 48.9 Å². The summed E-state index contributed by atoms with van der Waals surface area (Å²) in [5.74, 6) is 0.0537. The van der Waals surface area contributed by atoms with Crippen molar-refractivity contribution in [2.24, 2.45) is 0 Å². The van der Waals surface area contributed by atoms with Gasteiger partial charge in [0.25, 0.3) is 5.91 Å². The number of carbonyl (C=O) groups is 2. The van der Waals surface area contributed by atoms with Crippen molar-refractivity contribution in [3.8, 4) is 0 Å². The fourth-order valence-electron chi connectivity index (χ4n) is 2.07. The maximum absolute atomic E-state index is 12.4. The van der Waals surface area contributed by atoms with Crippen molar-refractivity contribution in [3.63, 3.8) is 0 Å². The maximum Gasteiger partial charge on any atom is 0.271 e. The third-order valence-electron chi connectivity index (χ3n) is 3.19.